The summed E-state index contributed by atoms with van der Waals surface area (Å²) in [5.74, 6) is 0. The van der Waals surface area contributed by atoms with Gasteiger partial charge in [0, 0.05) is 36.4 Å². The molecule has 1 fully saturated rings. The molecule has 1 N–H and O–H groups in total. The topological polar surface area (TPSA) is 60.9 Å². The molecule has 0 amide bonds. The Hall–Kier alpha value is -1.09. The number of likely N-dealkylation sites (tertiary alicyclic amines) is 1. The monoisotopic (exact) mass is 486 g/mol. The van der Waals surface area contributed by atoms with E-state index in [0.29, 0.717) is 38.5 Å². The van der Waals surface area contributed by atoms with Crippen molar-refractivity contribution >= 4 is 50.6 Å². The number of piperidine rings is 1. The van der Waals surface area contributed by atoms with Gasteiger partial charge in [0.1, 0.15) is 4.21 Å². The van der Waals surface area contributed by atoms with Gasteiger partial charge >= 0.3 is 0 Å². The van der Waals surface area contributed by atoms with E-state index in [2.05, 4.69) is 4.90 Å². The van der Waals surface area contributed by atoms with Crippen LogP contribution in [0.1, 0.15) is 36.8 Å². The number of nitrogens with zero attached hydrogens (tertiary/aromatic N) is 2. The van der Waals surface area contributed by atoms with Gasteiger partial charge in [-0.05, 0) is 62.1 Å². The van der Waals surface area contributed by atoms with Crippen molar-refractivity contribution in [3.05, 3.63) is 57.0 Å². The number of hydrogen-bond acceptors (Lipinski definition) is 5. The molecule has 0 radical (unpaired) electrons. The zero-order valence-corrected chi connectivity index (χ0v) is 19.6. The maximum absolute atomic E-state index is 12.7. The molecular formula is C21H24Cl2N2O3S2. The van der Waals surface area contributed by atoms with Crippen molar-refractivity contribution in [3.8, 4) is 0 Å². The molecule has 3 heterocycles. The van der Waals surface area contributed by atoms with Gasteiger partial charge in [0.15, 0.2) is 0 Å². The van der Waals surface area contributed by atoms with Crippen molar-refractivity contribution < 1.29 is 13.5 Å². The van der Waals surface area contributed by atoms with E-state index in [1.807, 2.05) is 24.3 Å². The zero-order valence-electron chi connectivity index (χ0n) is 16.4. The lowest BCUT2D eigenvalue weighted by atomic mass is 9.84. The molecule has 1 aromatic carbocycles. The largest absolute Gasteiger partial charge is 0.385 e. The first kappa shape index (κ1) is 22.1. The van der Waals surface area contributed by atoms with Gasteiger partial charge in [-0.15, -0.1) is 11.3 Å². The van der Waals surface area contributed by atoms with E-state index >= 15 is 0 Å². The molecule has 4 rings (SSSR count). The normalized spacial score (nSPS) is 20.3. The molecule has 1 saturated heterocycles. The summed E-state index contributed by atoms with van der Waals surface area (Å²) in [6, 6.07) is 9.12. The van der Waals surface area contributed by atoms with Crippen LogP contribution in [0.4, 0.5) is 0 Å². The van der Waals surface area contributed by atoms with Crippen LogP contribution in [0, 0.1) is 0 Å². The summed E-state index contributed by atoms with van der Waals surface area (Å²) in [7, 11) is -3.49. The summed E-state index contributed by atoms with van der Waals surface area (Å²) in [6.07, 6.45) is 6.47. The minimum Gasteiger partial charge on any atom is -0.385 e. The third-order valence-corrected chi connectivity index (χ3v) is 9.66. The minimum atomic E-state index is -3.49. The van der Waals surface area contributed by atoms with Gasteiger partial charge in [-0.3, -0.25) is 4.31 Å². The number of thiophene rings is 1. The smallest absolute Gasteiger partial charge is 0.273 e. The van der Waals surface area contributed by atoms with Crippen LogP contribution in [-0.2, 0) is 15.6 Å². The second-order valence-electron chi connectivity index (χ2n) is 7.81. The number of sulfonamides is 1. The van der Waals surface area contributed by atoms with Crippen LogP contribution in [0.3, 0.4) is 0 Å². The second kappa shape index (κ2) is 8.81. The van der Waals surface area contributed by atoms with Gasteiger partial charge in [0.25, 0.3) is 10.0 Å². The Balaban J connectivity index is 1.24. The molecule has 9 heteroatoms. The number of unbranched alkanes of at least 4 members (excludes halogenated alkanes) is 1. The molecule has 1 aromatic heterocycles. The van der Waals surface area contributed by atoms with E-state index in [-0.39, 0.29) is 0 Å². The lowest BCUT2D eigenvalue weighted by molar-refractivity contribution is -0.0261. The Bertz CT molecular complexity index is 1030. The molecule has 30 heavy (non-hydrogen) atoms. The molecule has 0 atom stereocenters. The number of fused-ring (bicyclic) bond motifs is 1. The van der Waals surface area contributed by atoms with Crippen molar-refractivity contribution in [2.75, 3.05) is 26.2 Å². The average Bonchev–Trinajstić information content (AvgIpc) is 3.10. The number of benzene rings is 1. The molecule has 5 nitrogen and oxygen atoms in total. The van der Waals surface area contributed by atoms with Gasteiger partial charge in [-0.25, -0.2) is 8.42 Å². The zero-order chi connectivity index (χ0) is 21.4. The van der Waals surface area contributed by atoms with Gasteiger partial charge < -0.3 is 10.0 Å². The SMILES string of the molecule is O=S1(=O)c2sc(Cl)cc2C=CN1CCCCN1CCC(O)(c2ccc(Cl)cc2)CC1. The highest BCUT2D eigenvalue weighted by Crippen LogP contribution is 2.37. The summed E-state index contributed by atoms with van der Waals surface area (Å²) < 4.78 is 27.7. The molecule has 0 unspecified atom stereocenters. The molecule has 0 bridgehead atoms. The predicted molar refractivity (Wildman–Crippen MR) is 123 cm³/mol. The quantitative estimate of drug-likeness (QED) is 0.595. The van der Waals surface area contributed by atoms with E-state index in [9.17, 15) is 13.5 Å². The van der Waals surface area contributed by atoms with Crippen LogP contribution in [0.2, 0.25) is 9.36 Å². The lowest BCUT2D eigenvalue weighted by Crippen LogP contribution is -2.43. The van der Waals surface area contributed by atoms with E-state index in [1.165, 1.54) is 4.31 Å². The van der Waals surface area contributed by atoms with Crippen LogP contribution in [-0.4, -0.2) is 48.9 Å². The summed E-state index contributed by atoms with van der Waals surface area (Å²) in [6.45, 7) is 2.98. The first-order valence-corrected chi connectivity index (χ1v) is 13.0. The fourth-order valence-electron chi connectivity index (χ4n) is 4.02. The maximum Gasteiger partial charge on any atom is 0.273 e. The van der Waals surface area contributed by atoms with Gasteiger partial charge in [-0.2, -0.15) is 0 Å². The van der Waals surface area contributed by atoms with E-state index in [1.54, 1.807) is 18.3 Å². The van der Waals surface area contributed by atoms with Crippen LogP contribution < -0.4 is 0 Å². The fourth-order valence-corrected chi connectivity index (χ4v) is 7.45. The molecule has 0 saturated carbocycles. The summed E-state index contributed by atoms with van der Waals surface area (Å²) in [5, 5.41) is 11.6. The maximum atomic E-state index is 12.7. The van der Waals surface area contributed by atoms with Crippen LogP contribution in [0.5, 0.6) is 0 Å². The minimum absolute atomic E-state index is 0.326. The van der Waals surface area contributed by atoms with Crippen molar-refractivity contribution in [2.24, 2.45) is 0 Å². The number of halogens is 2. The third kappa shape index (κ3) is 4.56. The predicted octanol–water partition coefficient (Wildman–Crippen LogP) is 4.79. The summed E-state index contributed by atoms with van der Waals surface area (Å²) >= 11 is 13.0. The number of rotatable bonds is 6. The highest BCUT2D eigenvalue weighted by atomic mass is 35.5. The van der Waals surface area contributed by atoms with E-state index in [4.69, 9.17) is 23.2 Å². The van der Waals surface area contributed by atoms with Gasteiger partial charge in [0.05, 0.1) is 9.94 Å². The molecular weight excluding hydrogens is 463 g/mol. The van der Waals surface area contributed by atoms with Gasteiger partial charge in [0.2, 0.25) is 0 Å². The van der Waals surface area contributed by atoms with E-state index in [0.717, 1.165) is 49.4 Å². The molecule has 0 aliphatic carbocycles. The van der Waals surface area contributed by atoms with Crippen molar-refractivity contribution in [3.63, 3.8) is 0 Å². The first-order chi connectivity index (χ1) is 14.3. The Morgan fingerprint density at radius 2 is 1.73 bits per heavy atom. The Morgan fingerprint density at radius 1 is 1.07 bits per heavy atom. The van der Waals surface area contributed by atoms with Crippen molar-refractivity contribution in [1.82, 2.24) is 9.21 Å². The van der Waals surface area contributed by atoms with Crippen LogP contribution >= 0.6 is 34.5 Å². The molecule has 162 valence electrons. The van der Waals surface area contributed by atoms with Crippen molar-refractivity contribution in [1.29, 1.82) is 0 Å². The Morgan fingerprint density at radius 3 is 2.43 bits per heavy atom. The Labute approximate surface area is 191 Å². The second-order valence-corrected chi connectivity index (χ2v) is 12.0. The summed E-state index contributed by atoms with van der Waals surface area (Å²) in [5.41, 5.74) is 0.789. The van der Waals surface area contributed by atoms with Crippen LogP contribution in [0.25, 0.3) is 6.08 Å². The average molecular weight is 487 g/mol. The lowest BCUT2D eigenvalue weighted by Gasteiger charge is -2.38. The molecule has 2 aliphatic rings. The molecule has 0 spiro atoms. The number of aliphatic hydroxyl groups is 1. The van der Waals surface area contributed by atoms with Crippen LogP contribution in [0.15, 0.2) is 40.7 Å². The highest BCUT2D eigenvalue weighted by Gasteiger charge is 2.34. The number of hydrogen-bond donors (Lipinski definition) is 1. The summed E-state index contributed by atoms with van der Waals surface area (Å²) in [4.78, 5) is 2.34. The fraction of sp³-hybridized carbons (Fsp3) is 0.429. The van der Waals surface area contributed by atoms with Crippen molar-refractivity contribution in [2.45, 2.75) is 35.5 Å². The molecule has 2 aromatic rings. The first-order valence-electron chi connectivity index (χ1n) is 9.98. The Kier molecular flexibility index (Phi) is 6.49. The standard InChI is InChI=1S/C21H24Cl2N2O3S2/c22-18-5-3-17(4-6-18)21(26)8-13-24(14-9-21)10-1-2-11-25-12-7-16-15-19(23)29-20(16)30(25,27)28/h3-7,12,15,26H,1-2,8-11,13-14H2. The third-order valence-electron chi connectivity index (χ3n) is 5.83. The highest BCUT2D eigenvalue weighted by molar-refractivity contribution is 7.91. The van der Waals surface area contributed by atoms with Gasteiger partial charge in [-0.1, -0.05) is 35.3 Å². The molecule has 2 aliphatic heterocycles. The van der Waals surface area contributed by atoms with E-state index < -0.39 is 15.6 Å².